The van der Waals surface area contributed by atoms with E-state index < -0.39 is 12.6 Å². The predicted molar refractivity (Wildman–Crippen MR) is 104 cm³/mol. The molecule has 0 unspecified atom stereocenters. The van der Waals surface area contributed by atoms with Crippen LogP contribution < -0.4 is 19.7 Å². The van der Waals surface area contributed by atoms with Crippen LogP contribution in [0.5, 0.6) is 11.5 Å². The minimum Gasteiger partial charge on any atom is -0.497 e. The van der Waals surface area contributed by atoms with Crippen LogP contribution in [0.2, 0.25) is 0 Å². The first-order valence-corrected chi connectivity index (χ1v) is 8.35. The molecular weight excluding hydrogens is 368 g/mol. The molecule has 1 heterocycles. The van der Waals surface area contributed by atoms with E-state index in [2.05, 4.69) is 5.32 Å². The van der Waals surface area contributed by atoms with E-state index in [0.29, 0.717) is 22.7 Å². The lowest BCUT2D eigenvalue weighted by Gasteiger charge is -2.14. The van der Waals surface area contributed by atoms with Crippen molar-refractivity contribution in [3.8, 4) is 11.5 Å². The van der Waals surface area contributed by atoms with Crippen molar-refractivity contribution < 1.29 is 24.2 Å². The summed E-state index contributed by atoms with van der Waals surface area (Å²) in [5.41, 5.74) is 1.44. The van der Waals surface area contributed by atoms with Crippen LogP contribution in [-0.4, -0.2) is 35.8 Å². The Labute approximate surface area is 160 Å². The maximum atomic E-state index is 12.8. The number of benzene rings is 2. The first kappa shape index (κ1) is 18.4. The van der Waals surface area contributed by atoms with E-state index in [1.165, 1.54) is 4.90 Å². The Morgan fingerprint density at radius 1 is 1.22 bits per heavy atom. The van der Waals surface area contributed by atoms with Gasteiger partial charge in [0.05, 0.1) is 12.8 Å². The lowest BCUT2D eigenvalue weighted by Crippen LogP contribution is -2.30. The smallest absolute Gasteiger partial charge is 0.341 e. The molecule has 27 heavy (non-hydrogen) atoms. The van der Waals surface area contributed by atoms with Crippen LogP contribution in [0.1, 0.15) is 5.56 Å². The third-order valence-electron chi connectivity index (χ3n) is 3.78. The maximum Gasteiger partial charge on any atom is 0.341 e. The summed E-state index contributed by atoms with van der Waals surface area (Å²) in [6, 6.07) is 13.8. The molecule has 1 aliphatic rings. The van der Waals surface area contributed by atoms with E-state index in [4.69, 9.17) is 26.8 Å². The fourth-order valence-corrected chi connectivity index (χ4v) is 2.83. The van der Waals surface area contributed by atoms with Crippen LogP contribution in [0.4, 0.5) is 5.69 Å². The van der Waals surface area contributed by atoms with Gasteiger partial charge in [-0.25, -0.2) is 4.79 Å². The molecule has 1 saturated heterocycles. The van der Waals surface area contributed by atoms with E-state index >= 15 is 0 Å². The molecule has 2 aromatic rings. The second-order valence-corrected chi connectivity index (χ2v) is 5.93. The second-order valence-electron chi connectivity index (χ2n) is 5.55. The van der Waals surface area contributed by atoms with Gasteiger partial charge in [-0.1, -0.05) is 18.2 Å². The molecule has 1 fully saturated rings. The number of para-hydroxylation sites is 1. The van der Waals surface area contributed by atoms with Crippen LogP contribution in [0.15, 0.2) is 54.2 Å². The predicted octanol–water partition coefficient (Wildman–Crippen LogP) is 2.42. The minimum absolute atomic E-state index is 0.250. The zero-order valence-corrected chi connectivity index (χ0v) is 15.2. The van der Waals surface area contributed by atoms with E-state index in [1.54, 1.807) is 61.7 Å². The Bertz CT molecular complexity index is 924. The zero-order valence-electron chi connectivity index (χ0n) is 14.3. The molecule has 0 aromatic heterocycles. The molecule has 0 spiro atoms. The molecule has 2 aromatic carbocycles. The highest BCUT2D eigenvalue weighted by atomic mass is 32.1. The molecule has 7 nitrogen and oxygen atoms in total. The standard InChI is InChI=1S/C19H16N2O5S/c1-25-14-8-6-13(7-9-14)21-18(24)15(20-19(21)27)10-12-4-2-3-5-16(12)26-11-17(22)23/h2-10H,11H2,1H3,(H,20,27)(H,22,23)/b15-10-. The fraction of sp³-hybridized carbons (Fsp3) is 0.105. The van der Waals surface area contributed by atoms with E-state index in [-0.39, 0.29) is 16.7 Å². The third-order valence-corrected chi connectivity index (χ3v) is 4.06. The summed E-state index contributed by atoms with van der Waals surface area (Å²) >= 11 is 5.29. The molecule has 0 bridgehead atoms. The van der Waals surface area contributed by atoms with Crippen LogP contribution in [-0.2, 0) is 9.59 Å². The van der Waals surface area contributed by atoms with Gasteiger partial charge in [-0.2, -0.15) is 0 Å². The topological polar surface area (TPSA) is 88.1 Å². The summed E-state index contributed by atoms with van der Waals surface area (Å²) in [5.74, 6) is -0.377. The number of carbonyl (C=O) groups is 2. The van der Waals surface area contributed by atoms with Gasteiger partial charge in [-0.15, -0.1) is 0 Å². The van der Waals surface area contributed by atoms with Gasteiger partial charge in [0.15, 0.2) is 11.7 Å². The summed E-state index contributed by atoms with van der Waals surface area (Å²) in [5, 5.41) is 11.9. The number of anilines is 1. The molecule has 3 rings (SSSR count). The lowest BCUT2D eigenvalue weighted by molar-refractivity contribution is -0.139. The van der Waals surface area contributed by atoms with Gasteiger partial charge in [0.25, 0.3) is 5.91 Å². The Hall–Kier alpha value is -3.39. The highest BCUT2D eigenvalue weighted by molar-refractivity contribution is 7.80. The Balaban J connectivity index is 1.87. The molecule has 0 aliphatic carbocycles. The number of hydrogen-bond acceptors (Lipinski definition) is 5. The minimum atomic E-state index is -1.08. The quantitative estimate of drug-likeness (QED) is 0.584. The summed E-state index contributed by atoms with van der Waals surface area (Å²) in [7, 11) is 1.56. The van der Waals surface area contributed by atoms with Crippen molar-refractivity contribution in [1.82, 2.24) is 5.32 Å². The zero-order chi connectivity index (χ0) is 19.4. The van der Waals surface area contributed by atoms with Crippen molar-refractivity contribution in [1.29, 1.82) is 0 Å². The number of rotatable bonds is 6. The van der Waals surface area contributed by atoms with Crippen molar-refractivity contribution >= 4 is 41.0 Å². The lowest BCUT2D eigenvalue weighted by atomic mass is 10.1. The van der Waals surface area contributed by atoms with Gasteiger partial charge in [0.1, 0.15) is 17.2 Å². The fourth-order valence-electron chi connectivity index (χ4n) is 2.53. The number of thiocarbonyl (C=S) groups is 1. The molecule has 1 amide bonds. The highest BCUT2D eigenvalue weighted by Gasteiger charge is 2.32. The second kappa shape index (κ2) is 7.88. The number of ether oxygens (including phenoxy) is 2. The number of nitrogens with one attached hydrogen (secondary N) is 1. The number of methoxy groups -OCH3 is 1. The summed E-state index contributed by atoms with van der Waals surface area (Å²) in [6.07, 6.45) is 1.58. The first-order valence-electron chi connectivity index (χ1n) is 7.94. The largest absolute Gasteiger partial charge is 0.497 e. The van der Waals surface area contributed by atoms with Gasteiger partial charge in [0.2, 0.25) is 0 Å². The van der Waals surface area contributed by atoms with Gasteiger partial charge >= 0.3 is 5.97 Å². The number of carbonyl (C=O) groups excluding carboxylic acids is 1. The van der Waals surface area contributed by atoms with Gasteiger partial charge in [-0.05, 0) is 48.6 Å². The first-order chi connectivity index (χ1) is 13.0. The number of carboxylic acid groups (broad SMARTS) is 1. The Kier molecular flexibility index (Phi) is 5.37. The number of carboxylic acids is 1. The van der Waals surface area contributed by atoms with Crippen molar-refractivity contribution in [2.45, 2.75) is 0 Å². The number of nitrogens with zero attached hydrogens (tertiary/aromatic N) is 1. The van der Waals surface area contributed by atoms with Crippen LogP contribution in [0.25, 0.3) is 6.08 Å². The molecule has 8 heteroatoms. The van der Waals surface area contributed by atoms with Crippen LogP contribution >= 0.6 is 12.2 Å². The van der Waals surface area contributed by atoms with Gasteiger partial charge in [0, 0.05) is 5.56 Å². The molecule has 0 atom stereocenters. The Morgan fingerprint density at radius 2 is 1.93 bits per heavy atom. The third kappa shape index (κ3) is 4.06. The van der Waals surface area contributed by atoms with Gasteiger partial charge < -0.3 is 19.9 Å². The SMILES string of the molecule is COc1ccc(N2C(=O)/C(=C/c3ccccc3OCC(=O)O)NC2=S)cc1. The van der Waals surface area contributed by atoms with Crippen molar-refractivity contribution in [3.63, 3.8) is 0 Å². The Morgan fingerprint density at radius 3 is 2.59 bits per heavy atom. The van der Waals surface area contributed by atoms with Crippen LogP contribution in [0, 0.1) is 0 Å². The summed E-state index contributed by atoms with van der Waals surface area (Å²) in [6.45, 7) is -0.474. The van der Waals surface area contributed by atoms with Gasteiger partial charge in [-0.3, -0.25) is 9.69 Å². The molecular formula is C19H16N2O5S. The monoisotopic (exact) mass is 384 g/mol. The normalized spacial score (nSPS) is 15.0. The number of amides is 1. The van der Waals surface area contributed by atoms with Crippen molar-refractivity contribution in [3.05, 3.63) is 59.8 Å². The van der Waals surface area contributed by atoms with Crippen LogP contribution in [0.3, 0.4) is 0 Å². The average Bonchev–Trinajstić information content (AvgIpc) is 2.94. The molecule has 138 valence electrons. The van der Waals surface area contributed by atoms with Crippen molar-refractivity contribution in [2.75, 3.05) is 18.6 Å². The van der Waals surface area contributed by atoms with E-state index in [0.717, 1.165) is 0 Å². The average molecular weight is 384 g/mol. The molecule has 2 N–H and O–H groups in total. The maximum absolute atomic E-state index is 12.8. The summed E-state index contributed by atoms with van der Waals surface area (Å²) < 4.78 is 10.4. The summed E-state index contributed by atoms with van der Waals surface area (Å²) in [4.78, 5) is 24.9. The molecule has 1 aliphatic heterocycles. The molecule has 0 radical (unpaired) electrons. The van der Waals surface area contributed by atoms with E-state index in [1.807, 2.05) is 0 Å². The highest BCUT2D eigenvalue weighted by Crippen LogP contribution is 2.26. The molecule has 0 saturated carbocycles. The number of aliphatic carboxylic acids is 1. The number of hydrogen-bond donors (Lipinski definition) is 2. The van der Waals surface area contributed by atoms with E-state index in [9.17, 15) is 9.59 Å². The van der Waals surface area contributed by atoms with Crippen molar-refractivity contribution in [2.24, 2.45) is 0 Å².